The first-order valence-corrected chi connectivity index (χ1v) is 5.39. The van der Waals surface area contributed by atoms with Crippen LogP contribution < -0.4 is 0 Å². The highest BCUT2D eigenvalue weighted by atomic mass is 32.2. The fourth-order valence-corrected chi connectivity index (χ4v) is 2.34. The van der Waals surface area contributed by atoms with Gasteiger partial charge in [0.05, 0.1) is 11.0 Å². The Morgan fingerprint density at radius 2 is 2.07 bits per heavy atom. The number of nitrogens with zero attached hydrogens (tertiary/aromatic N) is 1. The van der Waals surface area contributed by atoms with Gasteiger partial charge in [-0.05, 0) is 30.9 Å². The van der Waals surface area contributed by atoms with E-state index in [1.807, 2.05) is 30.3 Å². The number of carbonyl (C=O) groups excluding carboxylic acids is 1. The molecule has 1 unspecified atom stereocenters. The molecule has 1 aromatic carbocycles. The minimum absolute atomic E-state index is 0.00241. The molecule has 0 fully saturated rings. The Morgan fingerprint density at radius 3 is 2.64 bits per heavy atom. The molecule has 1 heterocycles. The second-order valence-electron chi connectivity index (χ2n) is 3.32. The van der Waals surface area contributed by atoms with Crippen LogP contribution in [0.4, 0.5) is 0 Å². The number of Topliss-reactive ketones (excluding diaryl/α,β-unsaturated/α-hetero) is 1. The van der Waals surface area contributed by atoms with Gasteiger partial charge in [0.2, 0.25) is 0 Å². The molecule has 0 radical (unpaired) electrons. The fourth-order valence-electron chi connectivity index (χ4n) is 1.43. The molecule has 1 aliphatic heterocycles. The molecule has 1 aliphatic rings. The molecule has 2 nitrogen and oxygen atoms in total. The summed E-state index contributed by atoms with van der Waals surface area (Å²) in [4.78, 5) is 11.6. The summed E-state index contributed by atoms with van der Waals surface area (Å²) in [6.45, 7) is 1.78. The van der Waals surface area contributed by atoms with Crippen LogP contribution >= 0.6 is 11.9 Å². The van der Waals surface area contributed by atoms with E-state index < -0.39 is 0 Å². The summed E-state index contributed by atoms with van der Waals surface area (Å²) < 4.78 is 4.08. The third kappa shape index (κ3) is 1.87. The Kier molecular flexibility index (Phi) is 2.68. The molecular formula is C11H11NOS. The predicted octanol–water partition coefficient (Wildman–Crippen LogP) is 2.29. The molecule has 2 rings (SSSR count). The summed E-state index contributed by atoms with van der Waals surface area (Å²) in [6, 6.07) is 10.1. The highest BCUT2D eigenvalue weighted by molar-refractivity contribution is 8.00. The Balaban J connectivity index is 2.04. The molecule has 0 N–H and O–H groups in total. The van der Waals surface area contributed by atoms with E-state index in [1.165, 1.54) is 17.5 Å². The molecule has 0 spiro atoms. The molecule has 0 aromatic heterocycles. The maximum absolute atomic E-state index is 11.6. The zero-order valence-corrected chi connectivity index (χ0v) is 8.75. The van der Waals surface area contributed by atoms with Gasteiger partial charge in [-0.1, -0.05) is 30.3 Å². The number of carbonyl (C=O) groups is 1. The number of hydrogen-bond donors (Lipinski definition) is 0. The van der Waals surface area contributed by atoms with Gasteiger partial charge in [0.1, 0.15) is 0 Å². The first-order chi connectivity index (χ1) is 6.77. The summed E-state index contributed by atoms with van der Waals surface area (Å²) in [7, 11) is 0. The van der Waals surface area contributed by atoms with Crippen molar-refractivity contribution in [3.05, 3.63) is 35.9 Å². The van der Waals surface area contributed by atoms with E-state index >= 15 is 0 Å². The van der Waals surface area contributed by atoms with E-state index in [9.17, 15) is 4.79 Å². The van der Waals surface area contributed by atoms with E-state index in [-0.39, 0.29) is 11.0 Å². The third-order valence-electron chi connectivity index (χ3n) is 2.23. The maximum Gasteiger partial charge on any atom is 0.192 e. The molecule has 3 heteroatoms. The van der Waals surface area contributed by atoms with Gasteiger partial charge in [0, 0.05) is 0 Å². The van der Waals surface area contributed by atoms with Crippen LogP contribution in [-0.2, 0) is 11.2 Å². The number of ketones is 1. The van der Waals surface area contributed by atoms with E-state index in [0.717, 1.165) is 6.42 Å². The second kappa shape index (κ2) is 3.96. The van der Waals surface area contributed by atoms with Crippen LogP contribution in [0.3, 0.4) is 0 Å². The molecule has 14 heavy (non-hydrogen) atoms. The van der Waals surface area contributed by atoms with Crippen LogP contribution in [0.25, 0.3) is 0 Å². The van der Waals surface area contributed by atoms with Gasteiger partial charge in [-0.3, -0.25) is 4.79 Å². The minimum Gasteiger partial charge on any atom is -0.291 e. The van der Waals surface area contributed by atoms with Crippen molar-refractivity contribution >= 4 is 23.4 Å². The van der Waals surface area contributed by atoms with Crippen LogP contribution in [0.5, 0.6) is 0 Å². The fraction of sp³-hybridized carbons (Fsp3) is 0.273. The highest BCUT2D eigenvalue weighted by Crippen LogP contribution is 2.25. The van der Waals surface area contributed by atoms with Crippen molar-refractivity contribution in [2.75, 3.05) is 0 Å². The standard InChI is InChI=1S/C11H11NOS/c1-8-11(13)10(14-12-8)7-9-5-3-2-4-6-9/h2-6,10H,7H2,1H3. The Hall–Kier alpha value is -1.09. The van der Waals surface area contributed by atoms with Crippen molar-refractivity contribution in [3.8, 4) is 0 Å². The molecule has 0 saturated heterocycles. The van der Waals surface area contributed by atoms with Crippen molar-refractivity contribution in [1.82, 2.24) is 0 Å². The first-order valence-electron chi connectivity index (χ1n) is 4.56. The molecule has 72 valence electrons. The number of benzene rings is 1. The Bertz CT molecular complexity index is 372. The average molecular weight is 205 g/mol. The molecule has 0 amide bonds. The van der Waals surface area contributed by atoms with Crippen molar-refractivity contribution in [1.29, 1.82) is 0 Å². The summed E-state index contributed by atoms with van der Waals surface area (Å²) in [5.41, 5.74) is 1.85. The summed E-state index contributed by atoms with van der Waals surface area (Å²) in [5, 5.41) is -0.00241. The maximum atomic E-state index is 11.6. The SMILES string of the molecule is CC1=NSC(Cc2ccccc2)C1=O. The van der Waals surface area contributed by atoms with Gasteiger partial charge in [-0.25, -0.2) is 4.40 Å². The lowest BCUT2D eigenvalue weighted by atomic mass is 10.1. The summed E-state index contributed by atoms with van der Waals surface area (Å²) in [6.07, 6.45) is 0.783. The number of hydrogen-bond acceptors (Lipinski definition) is 3. The van der Waals surface area contributed by atoms with Gasteiger partial charge in [0.25, 0.3) is 0 Å². The molecular weight excluding hydrogens is 194 g/mol. The van der Waals surface area contributed by atoms with Gasteiger partial charge >= 0.3 is 0 Å². The topological polar surface area (TPSA) is 29.4 Å². The normalized spacial score (nSPS) is 21.1. The smallest absolute Gasteiger partial charge is 0.192 e. The van der Waals surface area contributed by atoms with Crippen molar-refractivity contribution < 1.29 is 4.79 Å². The van der Waals surface area contributed by atoms with Gasteiger partial charge in [-0.15, -0.1) is 0 Å². The zero-order valence-electron chi connectivity index (χ0n) is 7.93. The van der Waals surface area contributed by atoms with Crippen molar-refractivity contribution in [3.63, 3.8) is 0 Å². The molecule has 0 aliphatic carbocycles. The van der Waals surface area contributed by atoms with Gasteiger partial charge in [0.15, 0.2) is 5.78 Å². The largest absolute Gasteiger partial charge is 0.291 e. The van der Waals surface area contributed by atoms with E-state index in [0.29, 0.717) is 5.71 Å². The minimum atomic E-state index is -0.00241. The van der Waals surface area contributed by atoms with Crippen LogP contribution in [0, 0.1) is 0 Å². The molecule has 0 saturated carbocycles. The molecule has 0 bridgehead atoms. The van der Waals surface area contributed by atoms with Crippen LogP contribution in [0.15, 0.2) is 34.7 Å². The van der Waals surface area contributed by atoms with Crippen molar-refractivity contribution in [2.24, 2.45) is 4.40 Å². The van der Waals surface area contributed by atoms with E-state index in [2.05, 4.69) is 4.40 Å². The lowest BCUT2D eigenvalue weighted by Crippen LogP contribution is -2.20. The Labute approximate surface area is 87.6 Å². The lowest BCUT2D eigenvalue weighted by Gasteiger charge is -2.05. The summed E-state index contributed by atoms with van der Waals surface area (Å²) >= 11 is 1.39. The first kappa shape index (κ1) is 9.46. The van der Waals surface area contributed by atoms with Crippen LogP contribution in [-0.4, -0.2) is 16.7 Å². The zero-order chi connectivity index (χ0) is 9.97. The lowest BCUT2D eigenvalue weighted by molar-refractivity contribution is -0.112. The predicted molar refractivity (Wildman–Crippen MR) is 59.6 cm³/mol. The molecule has 1 atom stereocenters. The third-order valence-corrected chi connectivity index (χ3v) is 3.24. The molecule has 1 aromatic rings. The van der Waals surface area contributed by atoms with Crippen LogP contribution in [0.2, 0.25) is 0 Å². The quantitative estimate of drug-likeness (QED) is 0.693. The van der Waals surface area contributed by atoms with Gasteiger partial charge < -0.3 is 0 Å². The van der Waals surface area contributed by atoms with Gasteiger partial charge in [-0.2, -0.15) is 0 Å². The van der Waals surface area contributed by atoms with E-state index in [1.54, 1.807) is 6.92 Å². The van der Waals surface area contributed by atoms with Crippen LogP contribution in [0.1, 0.15) is 12.5 Å². The summed E-state index contributed by atoms with van der Waals surface area (Å²) in [5.74, 6) is 0.179. The highest BCUT2D eigenvalue weighted by Gasteiger charge is 2.27. The monoisotopic (exact) mass is 205 g/mol. The average Bonchev–Trinajstić information content (AvgIpc) is 2.52. The Morgan fingerprint density at radius 1 is 1.36 bits per heavy atom. The second-order valence-corrected chi connectivity index (χ2v) is 4.29. The number of rotatable bonds is 2. The van der Waals surface area contributed by atoms with Crippen molar-refractivity contribution in [2.45, 2.75) is 18.6 Å². The van der Waals surface area contributed by atoms with E-state index in [4.69, 9.17) is 0 Å².